The number of carbonyl (C=O) groups is 3. The zero-order valence-electron chi connectivity index (χ0n) is 22.4. The maximum absolute atomic E-state index is 13.7. The van der Waals surface area contributed by atoms with Crippen LogP contribution in [-0.4, -0.2) is 99.8 Å². The molecule has 214 valence electrons. The molecular weight excluding hydrogens is 541 g/mol. The minimum absolute atomic E-state index is 0.0330. The van der Waals surface area contributed by atoms with Gasteiger partial charge in [0, 0.05) is 37.6 Å². The summed E-state index contributed by atoms with van der Waals surface area (Å²) in [5.41, 5.74) is 2.44. The predicted molar refractivity (Wildman–Crippen MR) is 142 cm³/mol. The van der Waals surface area contributed by atoms with E-state index in [0.717, 1.165) is 26.9 Å². The first kappa shape index (κ1) is 26.8. The van der Waals surface area contributed by atoms with E-state index in [0.29, 0.717) is 17.8 Å². The van der Waals surface area contributed by atoms with Crippen molar-refractivity contribution < 1.29 is 32.3 Å². The number of nitrogens with zero attached hydrogens (tertiary/aromatic N) is 6. The topological polar surface area (TPSA) is 100 Å². The van der Waals surface area contributed by atoms with Gasteiger partial charge in [0.25, 0.3) is 5.91 Å². The number of likely N-dealkylation sites (tertiary alicyclic amines) is 2. The molecule has 1 spiro atoms. The first-order valence-electron chi connectivity index (χ1n) is 13.1. The number of amidine groups is 1. The third kappa shape index (κ3) is 4.58. The minimum atomic E-state index is -4.94. The van der Waals surface area contributed by atoms with E-state index in [1.165, 1.54) is 16.9 Å². The summed E-state index contributed by atoms with van der Waals surface area (Å²) < 4.78 is 45.5. The molecule has 0 aliphatic carbocycles. The average molecular weight is 569 g/mol. The summed E-state index contributed by atoms with van der Waals surface area (Å²) in [6.45, 7) is 0.0655. The number of rotatable bonds is 4. The van der Waals surface area contributed by atoms with Crippen molar-refractivity contribution in [2.24, 2.45) is 18.0 Å². The molecule has 10 nitrogen and oxygen atoms in total. The van der Waals surface area contributed by atoms with Crippen LogP contribution in [0, 0.1) is 5.92 Å². The van der Waals surface area contributed by atoms with Crippen molar-refractivity contribution in [2.45, 2.75) is 18.1 Å². The van der Waals surface area contributed by atoms with E-state index in [4.69, 9.17) is 9.73 Å². The van der Waals surface area contributed by atoms with Crippen LogP contribution in [-0.2, 0) is 21.4 Å². The molecule has 41 heavy (non-hydrogen) atoms. The first-order valence-corrected chi connectivity index (χ1v) is 13.1. The molecule has 4 heterocycles. The van der Waals surface area contributed by atoms with E-state index >= 15 is 0 Å². The fourth-order valence-electron chi connectivity index (χ4n) is 5.86. The van der Waals surface area contributed by atoms with Gasteiger partial charge in [0.15, 0.2) is 5.54 Å². The van der Waals surface area contributed by atoms with E-state index in [1.807, 2.05) is 49.5 Å². The second kappa shape index (κ2) is 9.60. The van der Waals surface area contributed by atoms with Gasteiger partial charge in [-0.15, -0.1) is 0 Å². The third-order valence-corrected chi connectivity index (χ3v) is 8.04. The summed E-state index contributed by atoms with van der Waals surface area (Å²) in [4.78, 5) is 45.9. The number of ether oxygens (including phenoxy) is 1. The smallest absolute Gasteiger partial charge is 0.453 e. The Bertz CT molecular complexity index is 1580. The number of aliphatic imine (C=N–C) groups is 1. The highest BCUT2D eigenvalue weighted by molar-refractivity contribution is 6.16. The Labute approximate surface area is 233 Å². The molecule has 2 saturated heterocycles. The lowest BCUT2D eigenvalue weighted by Gasteiger charge is -2.43. The fourth-order valence-corrected chi connectivity index (χ4v) is 5.86. The van der Waals surface area contributed by atoms with E-state index in [9.17, 15) is 27.6 Å². The highest BCUT2D eigenvalue weighted by atomic mass is 19.4. The van der Waals surface area contributed by atoms with Crippen LogP contribution >= 0.6 is 0 Å². The molecule has 1 atom stereocenters. The lowest BCUT2D eigenvalue weighted by Crippen LogP contribution is -2.66. The van der Waals surface area contributed by atoms with Crippen molar-refractivity contribution in [1.29, 1.82) is 0 Å². The van der Waals surface area contributed by atoms with Crippen molar-refractivity contribution in [3.8, 4) is 11.1 Å². The van der Waals surface area contributed by atoms with E-state index in [2.05, 4.69) is 5.10 Å². The van der Waals surface area contributed by atoms with Gasteiger partial charge in [-0.3, -0.25) is 19.2 Å². The van der Waals surface area contributed by atoms with Gasteiger partial charge in [-0.05, 0) is 35.6 Å². The van der Waals surface area contributed by atoms with Gasteiger partial charge < -0.3 is 14.5 Å². The van der Waals surface area contributed by atoms with Gasteiger partial charge >= 0.3 is 18.2 Å². The summed E-state index contributed by atoms with van der Waals surface area (Å²) in [6, 6.07) is 13.6. The second-order valence-corrected chi connectivity index (χ2v) is 10.7. The maximum Gasteiger partial charge on any atom is 0.471 e. The number of aromatic nitrogens is 2. The average Bonchev–Trinajstić information content (AvgIpc) is 3.63. The molecule has 1 unspecified atom stereocenters. The number of carbonyl (C=O) groups excluding carboxylic acids is 3. The summed E-state index contributed by atoms with van der Waals surface area (Å²) in [5.74, 6) is -2.15. The molecule has 3 aliphatic rings. The van der Waals surface area contributed by atoms with Gasteiger partial charge in [-0.1, -0.05) is 30.3 Å². The summed E-state index contributed by atoms with van der Waals surface area (Å²) >= 11 is 0. The zero-order chi connectivity index (χ0) is 29.1. The van der Waals surface area contributed by atoms with Crippen LogP contribution in [0.5, 0.6) is 0 Å². The van der Waals surface area contributed by atoms with Crippen LogP contribution in [0.3, 0.4) is 0 Å². The highest BCUT2D eigenvalue weighted by Crippen LogP contribution is 2.36. The maximum atomic E-state index is 13.7. The summed E-state index contributed by atoms with van der Waals surface area (Å²) in [7, 11) is 3.13. The van der Waals surface area contributed by atoms with Crippen molar-refractivity contribution in [3.63, 3.8) is 0 Å². The number of aryl methyl sites for hydroxylation is 1. The van der Waals surface area contributed by atoms with Crippen LogP contribution < -0.4 is 0 Å². The van der Waals surface area contributed by atoms with Gasteiger partial charge in [0.2, 0.25) is 0 Å². The van der Waals surface area contributed by atoms with Gasteiger partial charge in [0.05, 0.1) is 31.9 Å². The number of methoxy groups -OCH3 is 1. The Kier molecular flexibility index (Phi) is 6.27. The molecule has 2 fully saturated rings. The summed E-state index contributed by atoms with van der Waals surface area (Å²) in [6.07, 6.45) is -3.38. The lowest BCUT2D eigenvalue weighted by molar-refractivity contribution is -0.184. The largest absolute Gasteiger partial charge is 0.471 e. The fraction of sp³-hybridized carbons (Fsp3) is 0.393. The number of halogens is 3. The van der Waals surface area contributed by atoms with Gasteiger partial charge in [-0.25, -0.2) is 9.79 Å². The van der Waals surface area contributed by atoms with Crippen LogP contribution in [0.15, 0.2) is 53.7 Å². The van der Waals surface area contributed by atoms with Crippen LogP contribution in [0.2, 0.25) is 0 Å². The number of hydrogen-bond donors (Lipinski definition) is 0. The molecule has 13 heteroatoms. The molecule has 0 bridgehead atoms. The monoisotopic (exact) mass is 568 g/mol. The molecule has 0 N–H and O–H groups in total. The molecule has 3 amide bonds. The minimum Gasteiger partial charge on any atom is -0.453 e. The van der Waals surface area contributed by atoms with Crippen molar-refractivity contribution >= 4 is 34.6 Å². The highest BCUT2D eigenvalue weighted by Gasteiger charge is 2.58. The predicted octanol–water partition coefficient (Wildman–Crippen LogP) is 3.06. The van der Waals surface area contributed by atoms with E-state index in [-0.39, 0.29) is 44.5 Å². The molecular formula is C28H27F3N6O4. The number of alkyl halides is 3. The van der Waals surface area contributed by atoms with Crippen LogP contribution in [0.25, 0.3) is 22.0 Å². The lowest BCUT2D eigenvalue weighted by atomic mass is 9.90. The first-order chi connectivity index (χ1) is 19.5. The molecule has 3 aromatic rings. The standard InChI is InChI=1S/C28H27F3N6O4/c1-34-22-8-7-20(11-21(22)12-32-34)18-3-5-19(6-4-18)23-33-27(15-36(16-27)26(40)41-2)24(38)37(23)14-17-9-10-35(13-17)25(39)28(29,30)31/h3-8,11-12,17H,9-10,13-16H2,1-2H3. The molecule has 1 aromatic heterocycles. The van der Waals surface area contributed by atoms with Gasteiger partial charge in [0.1, 0.15) is 5.84 Å². The zero-order valence-corrected chi connectivity index (χ0v) is 22.4. The second-order valence-electron chi connectivity index (χ2n) is 10.7. The Morgan fingerprint density at radius 3 is 2.41 bits per heavy atom. The molecule has 0 saturated carbocycles. The number of benzene rings is 2. The van der Waals surface area contributed by atoms with Gasteiger partial charge in [-0.2, -0.15) is 18.3 Å². The van der Waals surface area contributed by atoms with E-state index < -0.39 is 23.7 Å². The molecule has 0 radical (unpaired) electrons. The summed E-state index contributed by atoms with van der Waals surface area (Å²) in [5, 5.41) is 5.29. The van der Waals surface area contributed by atoms with Crippen LogP contribution in [0.4, 0.5) is 18.0 Å². The Morgan fingerprint density at radius 1 is 1.05 bits per heavy atom. The van der Waals surface area contributed by atoms with Crippen LogP contribution in [0.1, 0.15) is 12.0 Å². The van der Waals surface area contributed by atoms with Crippen molar-refractivity contribution in [2.75, 3.05) is 39.8 Å². The van der Waals surface area contributed by atoms with E-state index in [1.54, 1.807) is 10.9 Å². The van der Waals surface area contributed by atoms with Crippen molar-refractivity contribution in [1.82, 2.24) is 24.5 Å². The molecule has 3 aliphatic heterocycles. The SMILES string of the molecule is COC(=O)N1CC2(C1)N=C(c1ccc(-c3ccc4c(cnn4C)c3)cc1)N(CC1CCN(C(=O)C(F)(F)F)C1)C2=O. The normalized spacial score (nSPS) is 20.1. The Morgan fingerprint density at radius 2 is 1.73 bits per heavy atom. The quantitative estimate of drug-likeness (QED) is 0.482. The third-order valence-electron chi connectivity index (χ3n) is 8.04. The Balaban J connectivity index is 1.26. The number of amides is 3. The Hall–Kier alpha value is -4.42. The molecule has 2 aromatic carbocycles. The number of fused-ring (bicyclic) bond motifs is 1. The van der Waals surface area contributed by atoms with Crippen molar-refractivity contribution in [3.05, 3.63) is 54.2 Å². The molecule has 6 rings (SSSR count). The number of hydrogen-bond acceptors (Lipinski definition) is 6.